The Kier molecular flexibility index (Phi) is 44.5. The van der Waals surface area contributed by atoms with E-state index in [-0.39, 0.29) is 37.5 Å². The van der Waals surface area contributed by atoms with E-state index in [4.69, 9.17) is 14.2 Å². The fourth-order valence-electron chi connectivity index (χ4n) is 6.33. The van der Waals surface area contributed by atoms with Crippen LogP contribution in [0.15, 0.2) is 85.1 Å². The van der Waals surface area contributed by atoms with Gasteiger partial charge in [0, 0.05) is 19.3 Å². The summed E-state index contributed by atoms with van der Waals surface area (Å²) in [4.78, 5) is 37.8. The number of unbranched alkanes of at least 4 members (excludes halogenated alkanes) is 21. The van der Waals surface area contributed by atoms with Crippen molar-refractivity contribution >= 4 is 17.9 Å². The number of ether oxygens (including phenoxy) is 3. The minimum atomic E-state index is -0.819. The zero-order chi connectivity index (χ0) is 43.0. The van der Waals surface area contributed by atoms with E-state index in [1.54, 1.807) is 0 Å². The summed E-state index contributed by atoms with van der Waals surface area (Å²) in [7, 11) is 0. The van der Waals surface area contributed by atoms with Gasteiger partial charge in [0.25, 0.3) is 0 Å². The Morgan fingerprint density at radius 3 is 1.17 bits per heavy atom. The maximum Gasteiger partial charge on any atom is 0.306 e. The molecule has 1 atom stereocenters. The molecule has 0 heterocycles. The van der Waals surface area contributed by atoms with Crippen LogP contribution in [-0.2, 0) is 28.6 Å². The molecule has 0 amide bonds. The van der Waals surface area contributed by atoms with E-state index in [2.05, 4.69) is 51.2 Å². The molecule has 0 aromatic rings. The standard InChI is InChI=1S/C53H88O6/c1-4-7-10-13-16-19-22-24-25-26-27-28-30-31-34-37-40-43-46-52(55)58-49-50(48-57-51(54)45-42-39-36-33-21-18-15-12-9-6-3)59-53(56)47-44-41-38-35-32-29-23-20-17-14-11-8-5-2/h8,11,14-15,17-18,20,23,27-29,32,35,38,50H,4-7,9-10,12-13,16,19,21-22,24-26,30-31,33-34,36-37,39-49H2,1-3H3/b11-8-,17-14-,18-15-,23-20-,28-27-,32-29-,38-35-. The van der Waals surface area contributed by atoms with Crippen LogP contribution in [0.3, 0.4) is 0 Å². The zero-order valence-electron chi connectivity index (χ0n) is 38.2. The molecule has 0 aliphatic heterocycles. The Labute approximate surface area is 363 Å². The molecule has 6 nitrogen and oxygen atoms in total. The van der Waals surface area contributed by atoms with Crippen LogP contribution in [0, 0.1) is 0 Å². The van der Waals surface area contributed by atoms with E-state index in [1.807, 2.05) is 54.7 Å². The molecule has 0 radical (unpaired) electrons. The van der Waals surface area contributed by atoms with Crippen LogP contribution in [0.5, 0.6) is 0 Å². The molecule has 0 aromatic heterocycles. The molecular weight excluding hydrogens is 733 g/mol. The van der Waals surface area contributed by atoms with Crippen molar-refractivity contribution in [2.24, 2.45) is 0 Å². The highest BCUT2D eigenvalue weighted by molar-refractivity contribution is 5.71. The Morgan fingerprint density at radius 1 is 0.356 bits per heavy atom. The molecule has 0 rings (SSSR count). The van der Waals surface area contributed by atoms with Crippen molar-refractivity contribution in [2.75, 3.05) is 13.2 Å². The number of hydrogen-bond acceptors (Lipinski definition) is 6. The third-order valence-corrected chi connectivity index (χ3v) is 9.98. The van der Waals surface area contributed by atoms with E-state index in [0.29, 0.717) is 19.3 Å². The number of rotatable bonds is 42. The summed E-state index contributed by atoms with van der Waals surface area (Å²) in [6.07, 6.45) is 60.1. The summed E-state index contributed by atoms with van der Waals surface area (Å²) in [6.45, 7) is 6.35. The van der Waals surface area contributed by atoms with Crippen LogP contribution in [0.2, 0.25) is 0 Å². The number of allylic oxidation sites excluding steroid dienone is 14. The zero-order valence-corrected chi connectivity index (χ0v) is 38.2. The van der Waals surface area contributed by atoms with Crippen LogP contribution < -0.4 is 0 Å². The monoisotopic (exact) mass is 821 g/mol. The molecule has 0 spiro atoms. The third kappa shape index (κ3) is 45.5. The lowest BCUT2D eigenvalue weighted by molar-refractivity contribution is -0.167. The Hall–Kier alpha value is -3.41. The molecule has 59 heavy (non-hydrogen) atoms. The minimum absolute atomic E-state index is 0.114. The van der Waals surface area contributed by atoms with Gasteiger partial charge in [0.2, 0.25) is 0 Å². The fourth-order valence-corrected chi connectivity index (χ4v) is 6.33. The van der Waals surface area contributed by atoms with Crippen molar-refractivity contribution in [1.29, 1.82) is 0 Å². The number of carbonyl (C=O) groups is 3. The SMILES string of the molecule is CC\C=C/C=C\C=C/C=C\C=C/CCCC(=O)OC(COC(=O)CCCCCC/C=C\CCCC)COC(=O)CCCCCCC/C=C\CCCCCCCCCCC. The molecule has 0 N–H and O–H groups in total. The lowest BCUT2D eigenvalue weighted by Gasteiger charge is -2.18. The highest BCUT2D eigenvalue weighted by Gasteiger charge is 2.19. The molecule has 0 saturated heterocycles. The van der Waals surface area contributed by atoms with Crippen LogP contribution in [0.4, 0.5) is 0 Å². The predicted molar refractivity (Wildman–Crippen MR) is 251 cm³/mol. The second-order valence-electron chi connectivity index (χ2n) is 15.8. The summed E-state index contributed by atoms with van der Waals surface area (Å²) in [5, 5.41) is 0. The third-order valence-electron chi connectivity index (χ3n) is 9.98. The van der Waals surface area contributed by atoms with Crippen LogP contribution in [0.1, 0.15) is 213 Å². The number of esters is 3. The van der Waals surface area contributed by atoms with E-state index >= 15 is 0 Å². The molecule has 0 bridgehead atoms. The van der Waals surface area contributed by atoms with E-state index < -0.39 is 6.10 Å². The molecule has 0 saturated carbocycles. The van der Waals surface area contributed by atoms with Gasteiger partial charge in [0.15, 0.2) is 6.10 Å². The van der Waals surface area contributed by atoms with Crippen LogP contribution in [-0.4, -0.2) is 37.2 Å². The second kappa shape index (κ2) is 47.3. The normalized spacial score (nSPS) is 12.8. The van der Waals surface area contributed by atoms with E-state index in [9.17, 15) is 14.4 Å². The Balaban J connectivity index is 4.45. The molecule has 0 aromatic carbocycles. The summed E-state index contributed by atoms with van der Waals surface area (Å²) in [5.74, 6) is -1.02. The van der Waals surface area contributed by atoms with Gasteiger partial charge >= 0.3 is 17.9 Å². The first-order valence-electron chi connectivity index (χ1n) is 24.2. The summed E-state index contributed by atoms with van der Waals surface area (Å²) in [5.41, 5.74) is 0. The summed E-state index contributed by atoms with van der Waals surface area (Å²) < 4.78 is 16.6. The maximum absolute atomic E-state index is 12.7. The van der Waals surface area contributed by atoms with Gasteiger partial charge < -0.3 is 14.2 Å². The fraction of sp³-hybridized carbons (Fsp3) is 0.679. The highest BCUT2D eigenvalue weighted by Crippen LogP contribution is 2.13. The maximum atomic E-state index is 12.7. The topological polar surface area (TPSA) is 78.9 Å². The first-order valence-corrected chi connectivity index (χ1v) is 24.2. The van der Waals surface area contributed by atoms with Gasteiger partial charge in [-0.2, -0.15) is 0 Å². The van der Waals surface area contributed by atoms with Crippen molar-refractivity contribution in [3.8, 4) is 0 Å². The molecule has 0 fully saturated rings. The lowest BCUT2D eigenvalue weighted by Crippen LogP contribution is -2.30. The van der Waals surface area contributed by atoms with Gasteiger partial charge in [-0.1, -0.05) is 202 Å². The predicted octanol–water partition coefficient (Wildman–Crippen LogP) is 15.6. The van der Waals surface area contributed by atoms with Crippen molar-refractivity contribution in [1.82, 2.24) is 0 Å². The van der Waals surface area contributed by atoms with Crippen molar-refractivity contribution in [3.63, 3.8) is 0 Å². The largest absolute Gasteiger partial charge is 0.462 e. The summed E-state index contributed by atoms with van der Waals surface area (Å²) in [6, 6.07) is 0. The second-order valence-corrected chi connectivity index (χ2v) is 15.8. The molecule has 0 aliphatic rings. The molecule has 1 unspecified atom stereocenters. The quantitative estimate of drug-likeness (QED) is 0.0201. The van der Waals surface area contributed by atoms with Crippen molar-refractivity contribution < 1.29 is 28.6 Å². The minimum Gasteiger partial charge on any atom is -0.462 e. The lowest BCUT2D eigenvalue weighted by atomic mass is 10.1. The van der Waals surface area contributed by atoms with Gasteiger partial charge in [-0.3, -0.25) is 14.4 Å². The molecule has 6 heteroatoms. The Bertz CT molecular complexity index is 1170. The van der Waals surface area contributed by atoms with Crippen LogP contribution >= 0.6 is 0 Å². The van der Waals surface area contributed by atoms with Gasteiger partial charge in [-0.05, 0) is 77.0 Å². The number of hydrogen-bond donors (Lipinski definition) is 0. The first-order chi connectivity index (χ1) is 29.0. The van der Waals surface area contributed by atoms with Crippen LogP contribution in [0.25, 0.3) is 0 Å². The van der Waals surface area contributed by atoms with E-state index in [1.165, 1.54) is 83.5 Å². The van der Waals surface area contributed by atoms with Gasteiger partial charge in [0.1, 0.15) is 13.2 Å². The average molecular weight is 821 g/mol. The highest BCUT2D eigenvalue weighted by atomic mass is 16.6. The molecule has 336 valence electrons. The summed E-state index contributed by atoms with van der Waals surface area (Å²) >= 11 is 0. The van der Waals surface area contributed by atoms with Crippen molar-refractivity contribution in [2.45, 2.75) is 219 Å². The van der Waals surface area contributed by atoms with E-state index in [0.717, 1.165) is 83.5 Å². The molecular formula is C53H88O6. The van der Waals surface area contributed by atoms with Gasteiger partial charge in [0.05, 0.1) is 0 Å². The van der Waals surface area contributed by atoms with Crippen molar-refractivity contribution in [3.05, 3.63) is 85.1 Å². The number of carbonyl (C=O) groups excluding carboxylic acids is 3. The van der Waals surface area contributed by atoms with Gasteiger partial charge in [-0.25, -0.2) is 0 Å². The smallest absolute Gasteiger partial charge is 0.306 e. The molecule has 0 aliphatic carbocycles. The van der Waals surface area contributed by atoms with Gasteiger partial charge in [-0.15, -0.1) is 0 Å². The average Bonchev–Trinajstić information content (AvgIpc) is 3.23. The first kappa shape index (κ1) is 55.6. The Morgan fingerprint density at radius 2 is 0.712 bits per heavy atom.